The summed E-state index contributed by atoms with van der Waals surface area (Å²) in [5.41, 5.74) is 4.76. The van der Waals surface area contributed by atoms with Crippen LogP contribution in [-0.2, 0) is 24.2 Å². The van der Waals surface area contributed by atoms with Crippen molar-refractivity contribution in [3.05, 3.63) is 86.6 Å². The molecule has 254 valence electrons. The number of phenols is 1. The Morgan fingerprint density at radius 2 is 1.79 bits per heavy atom. The maximum atomic E-state index is 13.6. The molecule has 48 heavy (non-hydrogen) atoms. The number of amides is 3. The zero-order valence-electron chi connectivity index (χ0n) is 27.2. The van der Waals surface area contributed by atoms with E-state index in [0.717, 1.165) is 59.6 Å². The highest BCUT2D eigenvalue weighted by Crippen LogP contribution is 2.35. The van der Waals surface area contributed by atoms with Crippen molar-refractivity contribution < 1.29 is 19.5 Å². The summed E-state index contributed by atoms with van der Waals surface area (Å²) in [6, 6.07) is 19.1. The number of aromatic hydroxyl groups is 1. The molecule has 0 radical (unpaired) electrons. The molecule has 1 aromatic heterocycles. The van der Waals surface area contributed by atoms with Gasteiger partial charge < -0.3 is 34.9 Å². The van der Waals surface area contributed by atoms with Gasteiger partial charge in [-0.25, -0.2) is 14.6 Å². The molecule has 13 heteroatoms. The van der Waals surface area contributed by atoms with Crippen LogP contribution >= 0.6 is 31.9 Å². The molecular formula is C35H41Br2N7O4. The Balaban J connectivity index is 1.16. The number of anilines is 1. The number of piperidine rings is 1. The van der Waals surface area contributed by atoms with Crippen molar-refractivity contribution in [1.82, 2.24) is 29.7 Å². The Morgan fingerprint density at radius 1 is 1.08 bits per heavy atom. The number of hydrogen-bond donors (Lipinski definition) is 3. The van der Waals surface area contributed by atoms with Crippen LogP contribution in [0.15, 0.2) is 69.6 Å². The van der Waals surface area contributed by atoms with Crippen molar-refractivity contribution in [3.63, 3.8) is 0 Å². The first-order chi connectivity index (χ1) is 23.2. The first-order valence-corrected chi connectivity index (χ1v) is 17.9. The van der Waals surface area contributed by atoms with Crippen molar-refractivity contribution in [3.8, 4) is 5.75 Å². The number of hydroxylamine groups is 2. The zero-order chi connectivity index (χ0) is 33.8. The fourth-order valence-corrected chi connectivity index (χ4v) is 7.87. The molecule has 3 heterocycles. The van der Waals surface area contributed by atoms with E-state index in [-0.39, 0.29) is 17.8 Å². The van der Waals surface area contributed by atoms with Gasteiger partial charge in [0, 0.05) is 44.3 Å². The Labute approximate surface area is 297 Å². The number of halogens is 2. The summed E-state index contributed by atoms with van der Waals surface area (Å²) in [6.07, 6.45) is 2.94. The molecule has 1 fully saturated rings. The Morgan fingerprint density at radius 3 is 2.54 bits per heavy atom. The van der Waals surface area contributed by atoms with Gasteiger partial charge in [-0.05, 0) is 120 Å². The van der Waals surface area contributed by atoms with E-state index in [4.69, 9.17) is 9.82 Å². The van der Waals surface area contributed by atoms with Crippen molar-refractivity contribution in [2.24, 2.45) is 0 Å². The summed E-state index contributed by atoms with van der Waals surface area (Å²) in [5, 5.41) is 18.2. The fraction of sp³-hybridized carbons (Fsp3) is 0.400. The predicted octanol–water partition coefficient (Wildman–Crippen LogP) is 6.70. The van der Waals surface area contributed by atoms with Crippen molar-refractivity contribution >= 4 is 60.7 Å². The first-order valence-electron chi connectivity index (χ1n) is 16.3. The van der Waals surface area contributed by atoms with Gasteiger partial charge in [0.2, 0.25) is 0 Å². The lowest BCUT2D eigenvalue weighted by molar-refractivity contribution is -0.120. The lowest BCUT2D eigenvalue weighted by atomic mass is 10.0. The molecule has 0 saturated carbocycles. The zero-order valence-corrected chi connectivity index (χ0v) is 30.3. The van der Waals surface area contributed by atoms with Crippen LogP contribution in [0.25, 0.3) is 11.0 Å². The molecule has 0 spiro atoms. The third kappa shape index (κ3) is 7.96. The first kappa shape index (κ1) is 34.2. The van der Waals surface area contributed by atoms with Gasteiger partial charge in [0.25, 0.3) is 0 Å². The number of rotatable bonds is 10. The second-order valence-electron chi connectivity index (χ2n) is 12.6. The lowest BCUT2D eigenvalue weighted by Gasteiger charge is -2.37. The normalized spacial score (nSPS) is 16.4. The van der Waals surface area contributed by atoms with E-state index in [2.05, 4.69) is 78.2 Å². The number of hydrogen-bond acceptors (Lipinski definition) is 7. The van der Waals surface area contributed by atoms with Crippen LogP contribution in [0.3, 0.4) is 0 Å². The molecule has 3 N–H and O–H groups in total. The summed E-state index contributed by atoms with van der Waals surface area (Å²) in [4.78, 5) is 41.6. The van der Waals surface area contributed by atoms with Crippen LogP contribution < -0.4 is 10.6 Å². The number of urea groups is 1. The SMILES string of the molecule is CN(C)CCCn1c([C@@H](Cc2cc(Br)c(O)c(Br)c2)NC(=O)ON2CCC(N3CCc4ccccc4NC3=O)CC2)nc2ccccc21. The molecule has 1 saturated heterocycles. The van der Waals surface area contributed by atoms with Crippen LogP contribution in [0.5, 0.6) is 5.75 Å². The van der Waals surface area contributed by atoms with Crippen molar-refractivity contribution in [2.45, 2.75) is 50.7 Å². The van der Waals surface area contributed by atoms with E-state index in [1.54, 1.807) is 5.06 Å². The third-order valence-electron chi connectivity index (χ3n) is 9.01. The van der Waals surface area contributed by atoms with Gasteiger partial charge in [0.15, 0.2) is 0 Å². The number of fused-ring (bicyclic) bond motifs is 2. The summed E-state index contributed by atoms with van der Waals surface area (Å²) in [5.74, 6) is 0.850. The largest absolute Gasteiger partial charge is 0.506 e. The lowest BCUT2D eigenvalue weighted by Crippen LogP contribution is -2.49. The van der Waals surface area contributed by atoms with Gasteiger partial charge in [-0.15, -0.1) is 5.06 Å². The van der Waals surface area contributed by atoms with Crippen LogP contribution in [0.4, 0.5) is 15.3 Å². The molecule has 2 aliphatic heterocycles. The molecular weight excluding hydrogens is 742 g/mol. The number of benzene rings is 3. The second-order valence-corrected chi connectivity index (χ2v) is 14.4. The van der Waals surface area contributed by atoms with Crippen LogP contribution in [0.2, 0.25) is 0 Å². The number of phenolic OH excluding ortho intramolecular Hbond substituents is 1. The van der Waals surface area contributed by atoms with Crippen molar-refractivity contribution in [2.75, 3.05) is 45.6 Å². The fourth-order valence-electron chi connectivity index (χ4n) is 6.59. The van der Waals surface area contributed by atoms with Gasteiger partial charge in [0.05, 0.1) is 26.0 Å². The van der Waals surface area contributed by atoms with Crippen LogP contribution in [-0.4, -0.2) is 88.0 Å². The van der Waals surface area contributed by atoms with E-state index >= 15 is 0 Å². The highest BCUT2D eigenvalue weighted by atomic mass is 79.9. The summed E-state index contributed by atoms with van der Waals surface area (Å²) >= 11 is 6.89. The average molecular weight is 784 g/mol. The molecule has 0 bridgehead atoms. The smallest absolute Gasteiger partial charge is 0.426 e. The predicted molar refractivity (Wildman–Crippen MR) is 193 cm³/mol. The number of nitrogens with zero attached hydrogens (tertiary/aromatic N) is 5. The summed E-state index contributed by atoms with van der Waals surface area (Å²) in [7, 11) is 4.11. The van der Waals surface area contributed by atoms with Gasteiger partial charge in [0.1, 0.15) is 11.6 Å². The van der Waals surface area contributed by atoms with Crippen molar-refractivity contribution in [1.29, 1.82) is 0 Å². The van der Waals surface area contributed by atoms with Gasteiger partial charge >= 0.3 is 12.1 Å². The number of aryl methyl sites for hydroxylation is 1. The Hall–Kier alpha value is -3.65. The number of aromatic nitrogens is 2. The van der Waals surface area contributed by atoms with E-state index < -0.39 is 12.1 Å². The third-order valence-corrected chi connectivity index (χ3v) is 10.2. The quantitative estimate of drug-likeness (QED) is 0.164. The molecule has 11 nitrogen and oxygen atoms in total. The molecule has 0 unspecified atom stereocenters. The monoisotopic (exact) mass is 781 g/mol. The minimum atomic E-state index is -0.565. The highest BCUT2D eigenvalue weighted by Gasteiger charge is 2.32. The Kier molecular flexibility index (Phi) is 10.9. The molecule has 2 aliphatic rings. The standard InChI is InChI=1S/C35H41Br2N7O4/c1-41(2)15-7-16-44-31-11-6-5-10-29(31)38-33(44)30(22-23-20-26(36)32(45)27(37)21-23)40-35(47)48-42-17-13-25(14-18-42)43-19-12-24-8-3-4-9-28(24)39-34(43)46/h3-6,8-11,20-21,25,30,45H,7,12-19,22H2,1-2H3,(H,39,46)(H,40,47)/t30-/m1/s1. The molecule has 3 amide bonds. The summed E-state index contributed by atoms with van der Waals surface area (Å²) < 4.78 is 3.29. The summed E-state index contributed by atoms with van der Waals surface area (Å²) in [6.45, 7) is 3.31. The topological polar surface area (TPSA) is 115 Å². The van der Waals surface area contributed by atoms with E-state index in [9.17, 15) is 14.7 Å². The van der Waals surface area contributed by atoms with E-state index in [1.165, 1.54) is 0 Å². The minimum Gasteiger partial charge on any atom is -0.506 e. The molecule has 1 atom stereocenters. The number of nitrogens with one attached hydrogen (secondary N) is 2. The maximum Gasteiger partial charge on any atom is 0.426 e. The number of para-hydroxylation sites is 3. The van der Waals surface area contributed by atoms with Gasteiger partial charge in [-0.1, -0.05) is 30.3 Å². The highest BCUT2D eigenvalue weighted by molar-refractivity contribution is 9.11. The van der Waals surface area contributed by atoms with Gasteiger partial charge in [-0.3, -0.25) is 0 Å². The van der Waals surface area contributed by atoms with E-state index in [1.807, 2.05) is 53.4 Å². The van der Waals surface area contributed by atoms with Crippen LogP contribution in [0.1, 0.15) is 42.3 Å². The average Bonchev–Trinajstić information content (AvgIpc) is 3.33. The van der Waals surface area contributed by atoms with Crippen LogP contribution in [0, 0.1) is 0 Å². The number of carbonyl (C=O) groups is 2. The number of imidazole rings is 1. The second kappa shape index (κ2) is 15.3. The van der Waals surface area contributed by atoms with E-state index in [0.29, 0.717) is 47.8 Å². The molecule has 3 aromatic carbocycles. The molecule has 6 rings (SSSR count). The molecule has 0 aliphatic carbocycles. The molecule has 4 aromatic rings. The maximum absolute atomic E-state index is 13.6. The Bertz CT molecular complexity index is 1750. The number of carbonyl (C=O) groups excluding carboxylic acids is 2. The minimum absolute atomic E-state index is 0.0587. The van der Waals surface area contributed by atoms with Gasteiger partial charge in [-0.2, -0.15) is 0 Å².